The van der Waals surface area contributed by atoms with E-state index in [-0.39, 0.29) is 11.8 Å². The molecule has 5 nitrogen and oxygen atoms in total. The molecule has 0 aliphatic carbocycles. The monoisotopic (exact) mass is 339 g/mol. The highest BCUT2D eigenvalue weighted by molar-refractivity contribution is 5.83. The van der Waals surface area contributed by atoms with Gasteiger partial charge in [0.1, 0.15) is 5.82 Å². The average Bonchev–Trinajstić information content (AvgIpc) is 2.69. The lowest BCUT2D eigenvalue weighted by atomic mass is 9.95. The van der Waals surface area contributed by atoms with Gasteiger partial charge in [-0.3, -0.25) is 4.79 Å². The summed E-state index contributed by atoms with van der Waals surface area (Å²) in [6.07, 6.45) is 2.62. The van der Waals surface area contributed by atoms with Gasteiger partial charge in [0.15, 0.2) is 0 Å². The first-order valence-electron chi connectivity index (χ1n) is 8.88. The van der Waals surface area contributed by atoms with Gasteiger partial charge in [-0.2, -0.15) is 0 Å². The molecule has 1 N–H and O–H groups in total. The fraction of sp³-hybridized carbons (Fsp3) is 0.400. The number of nitrogens with one attached hydrogen (secondary N) is 1. The predicted octanol–water partition coefficient (Wildman–Crippen LogP) is 2.73. The lowest BCUT2D eigenvalue weighted by Crippen LogP contribution is -2.36. The van der Waals surface area contributed by atoms with Crippen molar-refractivity contribution in [1.29, 1.82) is 0 Å². The summed E-state index contributed by atoms with van der Waals surface area (Å²) in [6, 6.07) is 14.0. The van der Waals surface area contributed by atoms with Gasteiger partial charge in [-0.15, -0.1) is 0 Å². The van der Waals surface area contributed by atoms with Crippen LogP contribution in [0.4, 0.5) is 5.82 Å². The number of pyridine rings is 1. The predicted molar refractivity (Wildman–Crippen MR) is 98.6 cm³/mol. The maximum atomic E-state index is 12.5. The number of morpholine rings is 1. The van der Waals surface area contributed by atoms with E-state index in [1.807, 2.05) is 55.6 Å². The molecule has 25 heavy (non-hydrogen) atoms. The quantitative estimate of drug-likeness (QED) is 0.879. The second-order valence-electron chi connectivity index (χ2n) is 6.21. The van der Waals surface area contributed by atoms with Gasteiger partial charge in [-0.05, 0) is 23.6 Å². The van der Waals surface area contributed by atoms with Crippen LogP contribution in [0.2, 0.25) is 0 Å². The third-order valence-electron chi connectivity index (χ3n) is 4.54. The Hall–Kier alpha value is -2.40. The SMILES string of the molecule is CCC(C(=O)NCc1ccc(N2CCOCC2)nc1)c1ccccc1. The van der Waals surface area contributed by atoms with Crippen molar-refractivity contribution in [2.45, 2.75) is 25.8 Å². The van der Waals surface area contributed by atoms with Gasteiger partial charge in [0.2, 0.25) is 5.91 Å². The normalized spacial score (nSPS) is 15.6. The Morgan fingerprint density at radius 3 is 2.60 bits per heavy atom. The van der Waals surface area contributed by atoms with Crippen LogP contribution in [0.15, 0.2) is 48.7 Å². The summed E-state index contributed by atoms with van der Waals surface area (Å²) in [5.41, 5.74) is 2.07. The van der Waals surface area contributed by atoms with E-state index < -0.39 is 0 Å². The molecular weight excluding hydrogens is 314 g/mol. The van der Waals surface area contributed by atoms with E-state index in [4.69, 9.17) is 4.74 Å². The molecular formula is C20H25N3O2. The van der Waals surface area contributed by atoms with Crippen LogP contribution < -0.4 is 10.2 Å². The van der Waals surface area contributed by atoms with Gasteiger partial charge >= 0.3 is 0 Å². The van der Waals surface area contributed by atoms with E-state index in [1.165, 1.54) is 0 Å². The highest BCUT2D eigenvalue weighted by Gasteiger charge is 2.18. The third-order valence-corrected chi connectivity index (χ3v) is 4.54. The molecule has 2 aromatic rings. The summed E-state index contributed by atoms with van der Waals surface area (Å²) in [5.74, 6) is 0.918. The van der Waals surface area contributed by atoms with Crippen LogP contribution in [0.1, 0.15) is 30.4 Å². The van der Waals surface area contributed by atoms with Gasteiger partial charge in [0, 0.05) is 25.8 Å². The summed E-state index contributed by atoms with van der Waals surface area (Å²) in [7, 11) is 0. The van der Waals surface area contributed by atoms with E-state index in [1.54, 1.807) is 0 Å². The standard InChI is InChI=1S/C20H25N3O2/c1-2-18(17-6-4-3-5-7-17)20(24)22-15-16-8-9-19(21-14-16)23-10-12-25-13-11-23/h3-9,14,18H,2,10-13,15H2,1H3,(H,22,24). The molecule has 5 heteroatoms. The van der Waals surface area contributed by atoms with E-state index >= 15 is 0 Å². The van der Waals surface area contributed by atoms with Crippen molar-refractivity contribution in [3.8, 4) is 0 Å². The number of aromatic nitrogens is 1. The molecule has 1 atom stereocenters. The summed E-state index contributed by atoms with van der Waals surface area (Å²) in [4.78, 5) is 19.2. The summed E-state index contributed by atoms with van der Waals surface area (Å²) < 4.78 is 5.36. The van der Waals surface area contributed by atoms with Crippen LogP contribution in [-0.4, -0.2) is 37.2 Å². The zero-order valence-electron chi connectivity index (χ0n) is 14.6. The lowest BCUT2D eigenvalue weighted by molar-refractivity contribution is -0.122. The van der Waals surface area contributed by atoms with Crippen LogP contribution in [0, 0.1) is 0 Å². The topological polar surface area (TPSA) is 54.5 Å². The molecule has 1 aliphatic heterocycles. The number of nitrogens with zero attached hydrogens (tertiary/aromatic N) is 2. The fourth-order valence-corrected chi connectivity index (χ4v) is 3.07. The van der Waals surface area contributed by atoms with Gasteiger partial charge < -0.3 is 15.0 Å². The second kappa shape index (κ2) is 8.62. The molecule has 1 amide bonds. The van der Waals surface area contributed by atoms with Crippen molar-refractivity contribution < 1.29 is 9.53 Å². The number of anilines is 1. The number of carbonyl (C=O) groups is 1. The van der Waals surface area contributed by atoms with E-state index in [0.717, 1.165) is 49.7 Å². The minimum atomic E-state index is -0.109. The fourth-order valence-electron chi connectivity index (χ4n) is 3.07. The molecule has 1 aromatic heterocycles. The van der Waals surface area contributed by atoms with Crippen LogP contribution in [-0.2, 0) is 16.1 Å². The van der Waals surface area contributed by atoms with Gasteiger partial charge in [-0.1, -0.05) is 43.3 Å². The second-order valence-corrected chi connectivity index (χ2v) is 6.21. The molecule has 1 aliphatic rings. The molecule has 0 bridgehead atoms. The van der Waals surface area contributed by atoms with Gasteiger partial charge in [-0.25, -0.2) is 4.98 Å². The highest BCUT2D eigenvalue weighted by Crippen LogP contribution is 2.19. The van der Waals surface area contributed by atoms with Crippen LogP contribution >= 0.6 is 0 Å². The molecule has 1 saturated heterocycles. The van der Waals surface area contributed by atoms with E-state index in [9.17, 15) is 4.79 Å². The first-order chi connectivity index (χ1) is 12.3. The van der Waals surface area contributed by atoms with Crippen molar-refractivity contribution in [2.75, 3.05) is 31.2 Å². The van der Waals surface area contributed by atoms with Gasteiger partial charge in [0.05, 0.1) is 19.1 Å². The van der Waals surface area contributed by atoms with E-state index in [2.05, 4.69) is 15.2 Å². The Labute approximate surface area is 149 Å². The van der Waals surface area contributed by atoms with Crippen LogP contribution in [0.25, 0.3) is 0 Å². The zero-order valence-corrected chi connectivity index (χ0v) is 14.6. The minimum absolute atomic E-state index is 0.0611. The Kier molecular flexibility index (Phi) is 6.01. The molecule has 2 heterocycles. The third kappa shape index (κ3) is 4.57. The smallest absolute Gasteiger partial charge is 0.227 e. The molecule has 132 valence electrons. The van der Waals surface area contributed by atoms with Crippen LogP contribution in [0.3, 0.4) is 0 Å². The zero-order chi connectivity index (χ0) is 17.5. The summed E-state index contributed by atoms with van der Waals surface area (Å²) >= 11 is 0. The number of amides is 1. The van der Waals surface area contributed by atoms with Gasteiger partial charge in [0.25, 0.3) is 0 Å². The maximum absolute atomic E-state index is 12.5. The molecule has 0 saturated carbocycles. The molecule has 0 spiro atoms. The molecule has 1 unspecified atom stereocenters. The van der Waals surface area contributed by atoms with Crippen molar-refractivity contribution in [2.24, 2.45) is 0 Å². The molecule has 1 fully saturated rings. The number of carbonyl (C=O) groups excluding carboxylic acids is 1. The molecule has 1 aromatic carbocycles. The summed E-state index contributed by atoms with van der Waals surface area (Å²) in [5, 5.41) is 3.03. The Balaban J connectivity index is 1.56. The maximum Gasteiger partial charge on any atom is 0.227 e. The molecule has 3 rings (SSSR count). The number of ether oxygens (including phenoxy) is 1. The number of hydrogen-bond donors (Lipinski definition) is 1. The Bertz CT molecular complexity index is 667. The highest BCUT2D eigenvalue weighted by atomic mass is 16.5. The summed E-state index contributed by atoms with van der Waals surface area (Å²) in [6.45, 7) is 5.78. The lowest BCUT2D eigenvalue weighted by Gasteiger charge is -2.27. The van der Waals surface area contributed by atoms with Crippen LogP contribution in [0.5, 0.6) is 0 Å². The van der Waals surface area contributed by atoms with Crippen molar-refractivity contribution in [3.63, 3.8) is 0 Å². The van der Waals surface area contributed by atoms with E-state index in [0.29, 0.717) is 6.54 Å². The Morgan fingerprint density at radius 2 is 1.96 bits per heavy atom. The largest absolute Gasteiger partial charge is 0.378 e. The average molecular weight is 339 g/mol. The number of rotatable bonds is 6. The first kappa shape index (κ1) is 17.4. The molecule has 0 radical (unpaired) electrons. The minimum Gasteiger partial charge on any atom is -0.378 e. The number of hydrogen-bond acceptors (Lipinski definition) is 4. The van der Waals surface area contributed by atoms with Crippen molar-refractivity contribution >= 4 is 11.7 Å². The van der Waals surface area contributed by atoms with Crippen molar-refractivity contribution in [1.82, 2.24) is 10.3 Å². The van der Waals surface area contributed by atoms with Crippen molar-refractivity contribution in [3.05, 3.63) is 59.8 Å². The Morgan fingerprint density at radius 1 is 1.20 bits per heavy atom. The number of benzene rings is 1. The first-order valence-corrected chi connectivity index (χ1v) is 8.88.